The van der Waals surface area contributed by atoms with Crippen molar-refractivity contribution in [1.82, 2.24) is 10.2 Å². The zero-order chi connectivity index (χ0) is 24.9. The molecule has 1 N–H and O–H groups in total. The maximum Gasteiger partial charge on any atom is 0.255 e. The van der Waals surface area contributed by atoms with Crippen LogP contribution in [-0.4, -0.2) is 28.3 Å². The Kier molecular flexibility index (Phi) is 6.58. The standard InChI is InChI=1S/C28H32N2O2/c1-21(23-16-10-6-11-17-23)30(27(32)24-18-12-7-13-19-24)25(26(31)29-28(2,3)4)20-22-14-8-5-9-15-22/h5-19,21,25H,20H2,1-4H3,(H,29,31)/t21-,25-/m1/s1/i20D2. The Hall–Kier alpha value is -3.40. The highest BCUT2D eigenvalue weighted by atomic mass is 16.2. The molecular weight excluding hydrogens is 396 g/mol. The summed E-state index contributed by atoms with van der Waals surface area (Å²) in [7, 11) is 0. The van der Waals surface area contributed by atoms with Crippen LogP contribution in [0.5, 0.6) is 0 Å². The molecule has 3 rings (SSSR count). The van der Waals surface area contributed by atoms with Gasteiger partial charge in [-0.25, -0.2) is 0 Å². The van der Waals surface area contributed by atoms with Gasteiger partial charge in [-0.3, -0.25) is 9.59 Å². The molecule has 0 aliphatic rings. The van der Waals surface area contributed by atoms with Crippen molar-refractivity contribution >= 4 is 11.8 Å². The summed E-state index contributed by atoms with van der Waals surface area (Å²) >= 11 is 0. The molecule has 0 saturated heterocycles. The van der Waals surface area contributed by atoms with Gasteiger partial charge >= 0.3 is 0 Å². The minimum atomic E-state index is -2.16. The summed E-state index contributed by atoms with van der Waals surface area (Å²) in [6.07, 6.45) is -2.16. The number of nitrogens with one attached hydrogen (secondary N) is 1. The van der Waals surface area contributed by atoms with E-state index in [0.717, 1.165) is 5.56 Å². The van der Waals surface area contributed by atoms with Crippen molar-refractivity contribution < 1.29 is 12.3 Å². The fourth-order valence-electron chi connectivity index (χ4n) is 3.53. The normalized spacial score (nSPS) is 14.5. The molecule has 166 valence electrons. The minimum Gasteiger partial charge on any atom is -0.350 e. The molecule has 0 aliphatic heterocycles. The lowest BCUT2D eigenvalue weighted by Crippen LogP contribution is -2.55. The van der Waals surface area contributed by atoms with Crippen molar-refractivity contribution in [3.8, 4) is 0 Å². The molecule has 0 heterocycles. The second-order valence-electron chi connectivity index (χ2n) is 8.82. The van der Waals surface area contributed by atoms with Crippen LogP contribution >= 0.6 is 0 Å². The number of hydrogen-bond donors (Lipinski definition) is 1. The SMILES string of the molecule is [2H]C([2H])(c1ccccc1)[C@H](C(=O)NC(C)(C)C)N(C(=O)c1ccccc1)[C@H](C)c1ccccc1. The zero-order valence-electron chi connectivity index (χ0n) is 21.1. The third-order valence-electron chi connectivity index (χ3n) is 5.06. The Bertz CT molecular complexity index is 1100. The van der Waals surface area contributed by atoms with Crippen LogP contribution in [0.1, 0.15) is 58.0 Å². The molecule has 0 radical (unpaired) electrons. The quantitative estimate of drug-likeness (QED) is 0.544. The van der Waals surface area contributed by atoms with Crippen LogP contribution in [0.2, 0.25) is 0 Å². The Balaban J connectivity index is 2.21. The van der Waals surface area contributed by atoms with Crippen LogP contribution in [0.15, 0.2) is 91.0 Å². The molecule has 0 fully saturated rings. The molecule has 0 spiro atoms. The lowest BCUT2D eigenvalue weighted by Gasteiger charge is -2.38. The lowest BCUT2D eigenvalue weighted by molar-refractivity contribution is -0.127. The van der Waals surface area contributed by atoms with Crippen molar-refractivity contribution in [2.45, 2.75) is 51.7 Å². The molecule has 3 aromatic carbocycles. The topological polar surface area (TPSA) is 49.4 Å². The fourth-order valence-corrected chi connectivity index (χ4v) is 3.53. The van der Waals surface area contributed by atoms with Crippen LogP contribution in [-0.2, 0) is 11.2 Å². The molecule has 0 aromatic heterocycles. The number of hydrogen-bond acceptors (Lipinski definition) is 2. The largest absolute Gasteiger partial charge is 0.350 e. The second-order valence-corrected chi connectivity index (χ2v) is 8.82. The average Bonchev–Trinajstić information content (AvgIpc) is 2.82. The summed E-state index contributed by atoms with van der Waals surface area (Å²) in [5.74, 6) is -0.959. The van der Waals surface area contributed by atoms with Gasteiger partial charge in [0.15, 0.2) is 0 Å². The van der Waals surface area contributed by atoms with Crippen LogP contribution in [0, 0.1) is 0 Å². The van der Waals surface area contributed by atoms with Gasteiger partial charge in [0.1, 0.15) is 6.04 Å². The third-order valence-corrected chi connectivity index (χ3v) is 5.06. The van der Waals surface area contributed by atoms with Crippen molar-refractivity contribution in [3.63, 3.8) is 0 Å². The van der Waals surface area contributed by atoms with Crippen LogP contribution in [0.25, 0.3) is 0 Å². The highest BCUT2D eigenvalue weighted by Gasteiger charge is 2.36. The smallest absolute Gasteiger partial charge is 0.255 e. The van der Waals surface area contributed by atoms with Crippen molar-refractivity contribution in [2.75, 3.05) is 0 Å². The van der Waals surface area contributed by atoms with E-state index in [1.165, 1.54) is 4.90 Å². The highest BCUT2D eigenvalue weighted by Crippen LogP contribution is 2.27. The number of rotatable bonds is 7. The van der Waals surface area contributed by atoms with Gasteiger partial charge in [0.05, 0.1) is 6.04 Å². The molecule has 0 bridgehead atoms. The molecule has 4 heteroatoms. The number of carbonyl (C=O) groups excluding carboxylic acids is 2. The molecule has 2 atom stereocenters. The van der Waals surface area contributed by atoms with Crippen molar-refractivity contribution in [3.05, 3.63) is 108 Å². The van der Waals surface area contributed by atoms with Gasteiger partial charge in [-0.05, 0) is 51.0 Å². The minimum absolute atomic E-state index is 0.329. The summed E-state index contributed by atoms with van der Waals surface area (Å²) in [5.41, 5.74) is 0.918. The van der Waals surface area contributed by atoms with E-state index in [9.17, 15) is 9.59 Å². The Morgan fingerprint density at radius 1 is 0.875 bits per heavy atom. The van der Waals surface area contributed by atoms with Gasteiger partial charge in [-0.1, -0.05) is 78.9 Å². The Labute approximate surface area is 194 Å². The number of nitrogens with zero attached hydrogens (tertiary/aromatic N) is 1. The third kappa shape index (κ3) is 6.07. The maximum atomic E-state index is 13.9. The summed E-state index contributed by atoms with van der Waals surface area (Å²) in [4.78, 5) is 29.1. The van der Waals surface area contributed by atoms with E-state index in [1.54, 1.807) is 54.6 Å². The van der Waals surface area contributed by atoms with Gasteiger partial charge in [0, 0.05) is 20.2 Å². The van der Waals surface area contributed by atoms with Crippen LogP contribution in [0.4, 0.5) is 0 Å². The number of amides is 2. The van der Waals surface area contributed by atoms with E-state index in [2.05, 4.69) is 5.32 Å². The molecular formula is C28H32N2O2. The first kappa shape index (κ1) is 20.5. The van der Waals surface area contributed by atoms with Gasteiger partial charge in [0.25, 0.3) is 5.91 Å². The number of benzene rings is 3. The van der Waals surface area contributed by atoms with E-state index >= 15 is 0 Å². The molecule has 0 unspecified atom stereocenters. The highest BCUT2D eigenvalue weighted by molar-refractivity contribution is 5.98. The maximum absolute atomic E-state index is 13.9. The van der Waals surface area contributed by atoms with Crippen LogP contribution < -0.4 is 5.32 Å². The second kappa shape index (κ2) is 10.3. The van der Waals surface area contributed by atoms with Crippen molar-refractivity contribution in [1.29, 1.82) is 0 Å². The molecule has 32 heavy (non-hydrogen) atoms. The Morgan fingerprint density at radius 2 is 1.38 bits per heavy atom. The Morgan fingerprint density at radius 3 is 1.91 bits per heavy atom. The first-order chi connectivity index (χ1) is 16.0. The predicted octanol–water partition coefficient (Wildman–Crippen LogP) is 5.42. The first-order valence-corrected chi connectivity index (χ1v) is 10.8. The molecule has 3 aromatic rings. The summed E-state index contributed by atoms with van der Waals surface area (Å²) in [6.45, 7) is 7.34. The summed E-state index contributed by atoms with van der Waals surface area (Å²) in [6, 6.07) is 24.7. The van der Waals surface area contributed by atoms with E-state index in [1.807, 2.05) is 64.1 Å². The van der Waals surface area contributed by atoms with E-state index in [-0.39, 0.29) is 0 Å². The van der Waals surface area contributed by atoms with Gasteiger partial charge in [0.2, 0.25) is 5.91 Å². The van der Waals surface area contributed by atoms with E-state index in [4.69, 9.17) is 2.74 Å². The summed E-state index contributed by atoms with van der Waals surface area (Å²) in [5, 5.41) is 2.92. The van der Waals surface area contributed by atoms with E-state index < -0.39 is 35.8 Å². The predicted molar refractivity (Wildman–Crippen MR) is 129 cm³/mol. The molecule has 4 nitrogen and oxygen atoms in total. The van der Waals surface area contributed by atoms with Crippen molar-refractivity contribution in [2.24, 2.45) is 0 Å². The summed E-state index contributed by atoms with van der Waals surface area (Å²) < 4.78 is 18.2. The van der Waals surface area contributed by atoms with Gasteiger partial charge < -0.3 is 10.2 Å². The average molecular weight is 431 g/mol. The number of carbonyl (C=O) groups is 2. The molecule has 0 aliphatic carbocycles. The zero-order valence-corrected chi connectivity index (χ0v) is 19.1. The van der Waals surface area contributed by atoms with Crippen LogP contribution in [0.3, 0.4) is 0 Å². The fraction of sp³-hybridized carbons (Fsp3) is 0.286. The van der Waals surface area contributed by atoms with E-state index in [0.29, 0.717) is 11.1 Å². The monoisotopic (exact) mass is 430 g/mol. The van der Waals surface area contributed by atoms with Gasteiger partial charge in [-0.15, -0.1) is 0 Å². The lowest BCUT2D eigenvalue weighted by atomic mass is 9.97. The van der Waals surface area contributed by atoms with Gasteiger partial charge in [-0.2, -0.15) is 0 Å². The molecule has 0 saturated carbocycles. The molecule has 2 amide bonds. The first-order valence-electron chi connectivity index (χ1n) is 11.8.